The SMILES string of the molecule is COc1cccc2oc(-c3nc4ccccc4c(=O)n3N=Cc3cccc([N+](=O)[O-])c3OCc3cccc4ccccc34)cc12. The molecule has 0 unspecified atom stereocenters. The number of hydrogen-bond donors (Lipinski definition) is 0. The molecule has 10 heteroatoms. The summed E-state index contributed by atoms with van der Waals surface area (Å²) in [6.45, 7) is 0.0800. The van der Waals surface area contributed by atoms with Gasteiger partial charge in [0.1, 0.15) is 17.9 Å². The van der Waals surface area contributed by atoms with E-state index in [2.05, 4.69) is 5.10 Å². The first kappa shape index (κ1) is 27.5. The van der Waals surface area contributed by atoms with Crippen molar-refractivity contribution in [1.29, 1.82) is 0 Å². The first-order valence-corrected chi connectivity index (χ1v) is 14.0. The Kier molecular flexibility index (Phi) is 6.99. The lowest BCUT2D eigenvalue weighted by atomic mass is 10.1. The molecule has 0 fully saturated rings. The molecule has 7 rings (SSSR count). The predicted octanol–water partition coefficient (Wildman–Crippen LogP) is 7.34. The third-order valence-electron chi connectivity index (χ3n) is 7.50. The molecule has 2 heterocycles. The van der Waals surface area contributed by atoms with Gasteiger partial charge in [-0.05, 0) is 52.7 Å². The van der Waals surface area contributed by atoms with Gasteiger partial charge in [-0.15, -0.1) is 0 Å². The number of furan rings is 1. The third kappa shape index (κ3) is 5.04. The Morgan fingerprint density at radius 3 is 2.51 bits per heavy atom. The number of fused-ring (bicyclic) bond motifs is 3. The second kappa shape index (κ2) is 11.4. The second-order valence-electron chi connectivity index (χ2n) is 10.2. The highest BCUT2D eigenvalue weighted by atomic mass is 16.6. The number of ether oxygens (including phenoxy) is 2. The maximum absolute atomic E-state index is 13.8. The number of methoxy groups -OCH3 is 1. The van der Waals surface area contributed by atoms with E-state index in [1.165, 1.54) is 18.3 Å². The normalized spacial score (nSPS) is 11.5. The van der Waals surface area contributed by atoms with Crippen molar-refractivity contribution in [3.8, 4) is 23.1 Å². The number of para-hydroxylation sites is 2. The molecule has 0 N–H and O–H groups in total. The summed E-state index contributed by atoms with van der Waals surface area (Å²) in [6, 6.07) is 32.3. The maximum atomic E-state index is 13.8. The van der Waals surface area contributed by atoms with E-state index in [1.54, 1.807) is 55.6 Å². The van der Waals surface area contributed by atoms with Crippen LogP contribution < -0.4 is 15.0 Å². The Morgan fingerprint density at radius 2 is 1.67 bits per heavy atom. The predicted molar refractivity (Wildman–Crippen MR) is 172 cm³/mol. The minimum atomic E-state index is -0.507. The van der Waals surface area contributed by atoms with Gasteiger partial charge >= 0.3 is 5.69 Å². The molecule has 0 saturated carbocycles. The molecular formula is C35H24N4O6. The van der Waals surface area contributed by atoms with Crippen LogP contribution in [0.1, 0.15) is 11.1 Å². The molecule has 0 radical (unpaired) electrons. The molecule has 45 heavy (non-hydrogen) atoms. The smallest absolute Gasteiger partial charge is 0.311 e. The molecule has 0 aliphatic rings. The highest BCUT2D eigenvalue weighted by molar-refractivity contribution is 5.90. The molecule has 0 bridgehead atoms. The van der Waals surface area contributed by atoms with Gasteiger partial charge in [-0.3, -0.25) is 14.9 Å². The van der Waals surface area contributed by atoms with Crippen molar-refractivity contribution in [2.75, 3.05) is 7.11 Å². The highest BCUT2D eigenvalue weighted by Gasteiger charge is 2.21. The fourth-order valence-electron chi connectivity index (χ4n) is 5.35. The Hall–Kier alpha value is -6.29. The van der Waals surface area contributed by atoms with Gasteiger partial charge in [-0.1, -0.05) is 66.7 Å². The molecular weight excluding hydrogens is 572 g/mol. The standard InChI is InChI=1S/C35H24N4O6/c1-43-30-17-8-18-31-27(30)19-32(45-31)34-37-28-15-5-4-14-26(28)35(40)38(34)36-20-23-11-7-16-29(39(41)42)33(23)44-21-24-12-6-10-22-9-2-3-13-25(22)24/h2-20H,21H2,1H3. The number of rotatable bonds is 8. The van der Waals surface area contributed by atoms with Crippen LogP contribution in [-0.2, 0) is 6.61 Å². The Labute approximate surface area is 255 Å². The van der Waals surface area contributed by atoms with E-state index in [4.69, 9.17) is 18.9 Å². The van der Waals surface area contributed by atoms with Crippen LogP contribution in [-0.4, -0.2) is 27.9 Å². The van der Waals surface area contributed by atoms with Crippen LogP contribution in [0.25, 0.3) is 44.2 Å². The molecule has 0 atom stereocenters. The first-order valence-electron chi connectivity index (χ1n) is 14.0. The van der Waals surface area contributed by atoms with Crippen LogP contribution >= 0.6 is 0 Å². The molecule has 7 aromatic rings. The van der Waals surface area contributed by atoms with Gasteiger partial charge in [0.2, 0.25) is 11.6 Å². The van der Waals surface area contributed by atoms with E-state index in [1.807, 2.05) is 48.5 Å². The summed E-state index contributed by atoms with van der Waals surface area (Å²) in [5.41, 5.74) is 1.51. The zero-order valence-electron chi connectivity index (χ0n) is 23.9. The number of nitro groups is 1. The lowest BCUT2D eigenvalue weighted by molar-refractivity contribution is -0.385. The van der Waals surface area contributed by atoms with E-state index in [0.29, 0.717) is 38.9 Å². The van der Waals surface area contributed by atoms with Crippen LogP contribution in [0, 0.1) is 10.1 Å². The minimum Gasteiger partial charge on any atom is -0.496 e. The molecule has 0 amide bonds. The zero-order valence-corrected chi connectivity index (χ0v) is 23.9. The van der Waals surface area contributed by atoms with Crippen LogP contribution in [0.2, 0.25) is 0 Å². The van der Waals surface area contributed by atoms with Gasteiger partial charge in [-0.2, -0.15) is 9.78 Å². The summed E-state index contributed by atoms with van der Waals surface area (Å²) in [5.74, 6) is 1.07. The summed E-state index contributed by atoms with van der Waals surface area (Å²) in [6.07, 6.45) is 1.36. The van der Waals surface area contributed by atoms with E-state index in [0.717, 1.165) is 21.0 Å². The number of hydrogen-bond acceptors (Lipinski definition) is 8. The highest BCUT2D eigenvalue weighted by Crippen LogP contribution is 2.34. The van der Waals surface area contributed by atoms with Crippen LogP contribution in [0.15, 0.2) is 124 Å². The Balaban J connectivity index is 1.35. The van der Waals surface area contributed by atoms with E-state index >= 15 is 0 Å². The van der Waals surface area contributed by atoms with Crippen molar-refractivity contribution in [1.82, 2.24) is 9.66 Å². The lowest BCUT2D eigenvalue weighted by Gasteiger charge is -2.12. The third-order valence-corrected chi connectivity index (χ3v) is 7.50. The van der Waals surface area contributed by atoms with Gasteiger partial charge in [0, 0.05) is 11.6 Å². The molecule has 2 aromatic heterocycles. The van der Waals surface area contributed by atoms with Crippen molar-refractivity contribution >= 4 is 44.5 Å². The largest absolute Gasteiger partial charge is 0.496 e. The molecule has 0 spiro atoms. The van der Waals surface area contributed by atoms with Crippen LogP contribution in [0.3, 0.4) is 0 Å². The van der Waals surface area contributed by atoms with Crippen LogP contribution in [0.4, 0.5) is 5.69 Å². The second-order valence-corrected chi connectivity index (χ2v) is 10.2. The summed E-state index contributed by atoms with van der Waals surface area (Å²) in [4.78, 5) is 30.0. The average molecular weight is 597 g/mol. The van der Waals surface area contributed by atoms with Gasteiger partial charge in [0.15, 0.2) is 5.76 Å². The number of aromatic nitrogens is 2. The summed E-state index contributed by atoms with van der Waals surface area (Å²) >= 11 is 0. The van der Waals surface area contributed by atoms with Gasteiger partial charge in [0.05, 0.1) is 34.5 Å². The molecule has 5 aromatic carbocycles. The van der Waals surface area contributed by atoms with Crippen LogP contribution in [0.5, 0.6) is 11.5 Å². The van der Waals surface area contributed by atoms with Crippen molar-refractivity contribution in [2.24, 2.45) is 5.10 Å². The monoisotopic (exact) mass is 596 g/mol. The summed E-state index contributed by atoms with van der Waals surface area (Å²) in [7, 11) is 1.56. The zero-order chi connectivity index (χ0) is 30.9. The average Bonchev–Trinajstić information content (AvgIpc) is 3.51. The van der Waals surface area contributed by atoms with E-state index < -0.39 is 10.5 Å². The van der Waals surface area contributed by atoms with Crippen molar-refractivity contribution in [3.05, 3.63) is 141 Å². The number of nitrogens with zero attached hydrogens (tertiary/aromatic N) is 4. The Bertz CT molecular complexity index is 2330. The van der Waals surface area contributed by atoms with Gasteiger partial charge < -0.3 is 13.9 Å². The van der Waals surface area contributed by atoms with Gasteiger partial charge in [-0.25, -0.2) is 4.98 Å². The number of nitro benzene ring substituents is 1. The molecule has 0 aliphatic carbocycles. The van der Waals surface area contributed by atoms with Crippen molar-refractivity contribution in [3.63, 3.8) is 0 Å². The fourth-order valence-corrected chi connectivity index (χ4v) is 5.35. The molecule has 10 nitrogen and oxygen atoms in total. The minimum absolute atomic E-state index is 0.0241. The Morgan fingerprint density at radius 1 is 0.911 bits per heavy atom. The lowest BCUT2D eigenvalue weighted by Crippen LogP contribution is -2.20. The number of benzene rings is 5. The fraction of sp³-hybridized carbons (Fsp3) is 0.0571. The molecule has 0 saturated heterocycles. The van der Waals surface area contributed by atoms with Gasteiger partial charge in [0.25, 0.3) is 5.56 Å². The first-order chi connectivity index (χ1) is 22.0. The molecule has 0 aliphatic heterocycles. The van der Waals surface area contributed by atoms with Crippen molar-refractivity contribution < 1.29 is 18.8 Å². The topological polar surface area (TPSA) is 122 Å². The quantitative estimate of drug-likeness (QED) is 0.102. The van der Waals surface area contributed by atoms with E-state index in [9.17, 15) is 14.9 Å². The summed E-state index contributed by atoms with van der Waals surface area (Å²) in [5, 5.41) is 19.6. The maximum Gasteiger partial charge on any atom is 0.311 e. The van der Waals surface area contributed by atoms with Crippen molar-refractivity contribution in [2.45, 2.75) is 6.61 Å². The summed E-state index contributed by atoms with van der Waals surface area (Å²) < 4.78 is 18.8. The molecule has 220 valence electrons. The van der Waals surface area contributed by atoms with E-state index in [-0.39, 0.29) is 23.9 Å².